The summed E-state index contributed by atoms with van der Waals surface area (Å²) in [7, 11) is 3.13. The smallest absolute Gasteiger partial charge is 0.305 e. The van der Waals surface area contributed by atoms with E-state index in [9.17, 15) is 9.59 Å². The van der Waals surface area contributed by atoms with E-state index >= 15 is 0 Å². The van der Waals surface area contributed by atoms with Gasteiger partial charge in [-0.2, -0.15) is 5.10 Å². The molecule has 1 amide bonds. The first-order chi connectivity index (χ1) is 11.9. The van der Waals surface area contributed by atoms with Gasteiger partial charge in [-0.1, -0.05) is 0 Å². The van der Waals surface area contributed by atoms with E-state index in [1.165, 1.54) is 17.1 Å². The number of aromatic nitrogens is 2. The van der Waals surface area contributed by atoms with Crippen LogP contribution in [-0.4, -0.2) is 41.0 Å². The number of carbonyl (C=O) groups excluding carboxylic acids is 1. The first kappa shape index (κ1) is 18.3. The summed E-state index contributed by atoms with van der Waals surface area (Å²) in [6.45, 7) is 2.05. The molecule has 0 bridgehead atoms. The Labute approximate surface area is 145 Å². The Morgan fingerprint density at radius 3 is 2.72 bits per heavy atom. The molecule has 8 heteroatoms. The van der Waals surface area contributed by atoms with Gasteiger partial charge in [0.25, 0.3) is 5.91 Å². The predicted molar refractivity (Wildman–Crippen MR) is 89.9 cm³/mol. The molecule has 2 N–H and O–H groups in total. The Hall–Kier alpha value is -3.03. The van der Waals surface area contributed by atoms with E-state index in [1.807, 2.05) is 6.92 Å². The molecule has 0 saturated heterocycles. The van der Waals surface area contributed by atoms with E-state index in [2.05, 4.69) is 10.4 Å². The second-order valence-corrected chi connectivity index (χ2v) is 5.44. The van der Waals surface area contributed by atoms with Gasteiger partial charge in [0, 0.05) is 11.8 Å². The van der Waals surface area contributed by atoms with Crippen LogP contribution in [0.3, 0.4) is 0 Å². The Balaban J connectivity index is 2.08. The summed E-state index contributed by atoms with van der Waals surface area (Å²) in [5.74, 6) is 0.0864. The van der Waals surface area contributed by atoms with E-state index in [4.69, 9.17) is 14.6 Å². The SMILES string of the molecule is COc1ccc(OC)c(C(C)NC(=O)c2cnn(CCC(=O)O)c2)c1. The molecule has 2 aromatic rings. The number of carbonyl (C=O) groups is 2. The summed E-state index contributed by atoms with van der Waals surface area (Å²) in [5, 5.41) is 15.6. The molecule has 0 aliphatic rings. The zero-order chi connectivity index (χ0) is 18.4. The predicted octanol–water partition coefficient (Wildman–Crippen LogP) is 1.87. The summed E-state index contributed by atoms with van der Waals surface area (Å²) >= 11 is 0. The number of aliphatic carboxylic acids is 1. The van der Waals surface area contributed by atoms with Crippen LogP contribution in [0.5, 0.6) is 11.5 Å². The molecule has 25 heavy (non-hydrogen) atoms. The van der Waals surface area contributed by atoms with Gasteiger partial charge in [0.15, 0.2) is 0 Å². The summed E-state index contributed by atoms with van der Waals surface area (Å²) < 4.78 is 12.0. The maximum absolute atomic E-state index is 12.4. The van der Waals surface area contributed by atoms with Crippen LogP contribution in [0.4, 0.5) is 0 Å². The molecule has 0 spiro atoms. The third kappa shape index (κ3) is 4.72. The van der Waals surface area contributed by atoms with Gasteiger partial charge in [-0.3, -0.25) is 14.3 Å². The zero-order valence-corrected chi connectivity index (χ0v) is 14.4. The summed E-state index contributed by atoms with van der Waals surface area (Å²) in [6.07, 6.45) is 2.88. The van der Waals surface area contributed by atoms with Crippen LogP contribution in [0.15, 0.2) is 30.6 Å². The van der Waals surface area contributed by atoms with Gasteiger partial charge in [-0.25, -0.2) is 0 Å². The number of hydrogen-bond acceptors (Lipinski definition) is 5. The largest absolute Gasteiger partial charge is 0.497 e. The van der Waals surface area contributed by atoms with Crippen molar-refractivity contribution in [2.24, 2.45) is 0 Å². The Kier molecular flexibility index (Phi) is 5.99. The average Bonchev–Trinajstić information content (AvgIpc) is 3.08. The fourth-order valence-electron chi connectivity index (χ4n) is 2.35. The molecule has 1 heterocycles. The average molecular weight is 347 g/mol. The standard InChI is InChI=1S/C17H21N3O5/c1-11(14-8-13(24-2)4-5-15(14)25-3)19-17(23)12-9-18-20(10-12)7-6-16(21)22/h4-5,8-11H,6-7H2,1-3H3,(H,19,23)(H,21,22). The van der Waals surface area contributed by atoms with Crippen molar-refractivity contribution >= 4 is 11.9 Å². The molecular weight excluding hydrogens is 326 g/mol. The molecule has 1 aromatic heterocycles. The van der Waals surface area contributed by atoms with Crippen molar-refractivity contribution in [3.63, 3.8) is 0 Å². The van der Waals surface area contributed by atoms with Gasteiger partial charge in [-0.05, 0) is 25.1 Å². The first-order valence-electron chi connectivity index (χ1n) is 7.71. The lowest BCUT2D eigenvalue weighted by Gasteiger charge is -2.18. The minimum absolute atomic E-state index is 0.0554. The number of rotatable bonds is 8. The van der Waals surface area contributed by atoms with E-state index in [0.29, 0.717) is 17.1 Å². The van der Waals surface area contributed by atoms with Crippen LogP contribution < -0.4 is 14.8 Å². The molecule has 1 aromatic carbocycles. The van der Waals surface area contributed by atoms with Crippen molar-refractivity contribution in [2.75, 3.05) is 14.2 Å². The third-order valence-electron chi connectivity index (χ3n) is 3.70. The molecule has 8 nitrogen and oxygen atoms in total. The van der Waals surface area contributed by atoms with Crippen LogP contribution in [0.1, 0.15) is 35.3 Å². The summed E-state index contributed by atoms with van der Waals surface area (Å²) in [6, 6.07) is 5.05. The number of benzene rings is 1. The number of hydrogen-bond donors (Lipinski definition) is 2. The van der Waals surface area contributed by atoms with E-state index in [1.54, 1.807) is 32.4 Å². The lowest BCUT2D eigenvalue weighted by molar-refractivity contribution is -0.137. The third-order valence-corrected chi connectivity index (χ3v) is 3.70. The number of ether oxygens (including phenoxy) is 2. The minimum atomic E-state index is -0.916. The maximum Gasteiger partial charge on any atom is 0.305 e. The van der Waals surface area contributed by atoms with Crippen molar-refractivity contribution in [3.8, 4) is 11.5 Å². The summed E-state index contributed by atoms with van der Waals surface area (Å²) in [4.78, 5) is 23.0. The fourth-order valence-corrected chi connectivity index (χ4v) is 2.35. The number of methoxy groups -OCH3 is 2. The normalized spacial score (nSPS) is 11.6. The number of nitrogens with one attached hydrogen (secondary N) is 1. The quantitative estimate of drug-likeness (QED) is 0.756. The van der Waals surface area contributed by atoms with Crippen molar-refractivity contribution in [2.45, 2.75) is 25.9 Å². The van der Waals surface area contributed by atoms with Crippen LogP contribution >= 0.6 is 0 Å². The minimum Gasteiger partial charge on any atom is -0.497 e. The molecular formula is C17H21N3O5. The molecule has 1 unspecified atom stereocenters. The van der Waals surface area contributed by atoms with Gasteiger partial charge in [0.1, 0.15) is 11.5 Å². The first-order valence-corrected chi connectivity index (χ1v) is 7.71. The van der Waals surface area contributed by atoms with Crippen molar-refractivity contribution in [1.82, 2.24) is 15.1 Å². The second kappa shape index (κ2) is 8.18. The van der Waals surface area contributed by atoms with Gasteiger partial charge < -0.3 is 19.9 Å². The molecule has 0 radical (unpaired) electrons. The number of carboxylic acid groups (broad SMARTS) is 1. The highest BCUT2D eigenvalue weighted by molar-refractivity contribution is 5.94. The fraction of sp³-hybridized carbons (Fsp3) is 0.353. The highest BCUT2D eigenvalue weighted by atomic mass is 16.5. The molecule has 0 aliphatic carbocycles. The monoisotopic (exact) mass is 347 g/mol. The highest BCUT2D eigenvalue weighted by Gasteiger charge is 2.17. The topological polar surface area (TPSA) is 103 Å². The lowest BCUT2D eigenvalue weighted by atomic mass is 10.1. The van der Waals surface area contributed by atoms with E-state index in [0.717, 1.165) is 5.56 Å². The van der Waals surface area contributed by atoms with Crippen LogP contribution in [-0.2, 0) is 11.3 Å². The molecule has 2 rings (SSSR count). The highest BCUT2D eigenvalue weighted by Crippen LogP contribution is 2.29. The molecule has 1 atom stereocenters. The molecule has 0 aliphatic heterocycles. The van der Waals surface area contributed by atoms with E-state index in [-0.39, 0.29) is 24.9 Å². The van der Waals surface area contributed by atoms with Crippen molar-refractivity contribution < 1.29 is 24.2 Å². The number of aryl methyl sites for hydroxylation is 1. The second-order valence-electron chi connectivity index (χ2n) is 5.44. The number of amides is 1. The van der Waals surface area contributed by atoms with E-state index < -0.39 is 5.97 Å². The Morgan fingerprint density at radius 2 is 2.08 bits per heavy atom. The van der Waals surface area contributed by atoms with Gasteiger partial charge >= 0.3 is 5.97 Å². The Morgan fingerprint density at radius 1 is 1.32 bits per heavy atom. The van der Waals surface area contributed by atoms with Crippen molar-refractivity contribution in [3.05, 3.63) is 41.7 Å². The number of carboxylic acids is 1. The van der Waals surface area contributed by atoms with Crippen LogP contribution in [0.25, 0.3) is 0 Å². The van der Waals surface area contributed by atoms with Gasteiger partial charge in [-0.15, -0.1) is 0 Å². The maximum atomic E-state index is 12.4. The molecule has 0 fully saturated rings. The molecule has 134 valence electrons. The van der Waals surface area contributed by atoms with Crippen LogP contribution in [0, 0.1) is 0 Å². The van der Waals surface area contributed by atoms with Crippen LogP contribution in [0.2, 0.25) is 0 Å². The Bertz CT molecular complexity index is 756. The molecule has 0 saturated carbocycles. The number of nitrogens with zero attached hydrogens (tertiary/aromatic N) is 2. The zero-order valence-electron chi connectivity index (χ0n) is 14.4. The van der Waals surface area contributed by atoms with Gasteiger partial charge in [0.05, 0.1) is 45.0 Å². The van der Waals surface area contributed by atoms with Crippen molar-refractivity contribution in [1.29, 1.82) is 0 Å². The van der Waals surface area contributed by atoms with Gasteiger partial charge in [0.2, 0.25) is 0 Å². The summed E-state index contributed by atoms with van der Waals surface area (Å²) in [5.41, 5.74) is 1.15. The lowest BCUT2D eigenvalue weighted by Crippen LogP contribution is -2.26.